The molecular weight excluding hydrogens is 463 g/mol. The zero-order valence-electron chi connectivity index (χ0n) is 19.7. The van der Waals surface area contributed by atoms with Crippen LogP contribution in [0.1, 0.15) is 38.7 Å². The first-order valence-electron chi connectivity index (χ1n) is 11.1. The minimum Gasteiger partial charge on any atom is -0.497 e. The number of unbranched alkanes of at least 4 members (excludes halogenated alkanes) is 1. The first-order chi connectivity index (χ1) is 16.2. The lowest BCUT2D eigenvalue weighted by molar-refractivity contribution is -0.133. The van der Waals surface area contributed by atoms with Crippen LogP contribution in [0.5, 0.6) is 11.5 Å². The number of methoxy groups -OCH3 is 1. The lowest BCUT2D eigenvalue weighted by Gasteiger charge is -2.30. The maximum Gasteiger partial charge on any atom is 0.261 e. The Hall–Kier alpha value is -2.69. The minimum absolute atomic E-state index is 0.0170. The molecule has 0 heterocycles. The topological polar surface area (TPSA) is 105 Å². The molecule has 10 heteroatoms. The largest absolute Gasteiger partial charge is 0.497 e. The SMILES string of the molecule is COc1ccc(CN(C(CC(C)C)C(=O)NO)S(=O)(=O)c2ccc(OCCCCF)cc2)cc1. The molecule has 1 amide bonds. The molecule has 188 valence electrons. The van der Waals surface area contributed by atoms with Crippen LogP contribution < -0.4 is 15.0 Å². The summed E-state index contributed by atoms with van der Waals surface area (Å²) in [5, 5.41) is 9.32. The summed E-state index contributed by atoms with van der Waals surface area (Å²) in [7, 11) is -2.60. The van der Waals surface area contributed by atoms with E-state index in [1.54, 1.807) is 29.7 Å². The molecule has 0 aliphatic heterocycles. The molecule has 2 aromatic rings. The van der Waals surface area contributed by atoms with Gasteiger partial charge in [-0.2, -0.15) is 4.31 Å². The van der Waals surface area contributed by atoms with E-state index >= 15 is 0 Å². The van der Waals surface area contributed by atoms with Crippen LogP contribution in [-0.4, -0.2) is 50.3 Å². The van der Waals surface area contributed by atoms with Gasteiger partial charge in [-0.25, -0.2) is 13.9 Å². The van der Waals surface area contributed by atoms with Crippen molar-refractivity contribution in [3.8, 4) is 11.5 Å². The van der Waals surface area contributed by atoms with Crippen molar-refractivity contribution >= 4 is 15.9 Å². The predicted octanol–water partition coefficient (Wildman–Crippen LogP) is 3.93. The van der Waals surface area contributed by atoms with Crippen molar-refractivity contribution in [1.82, 2.24) is 9.79 Å². The van der Waals surface area contributed by atoms with E-state index in [-0.39, 0.29) is 23.8 Å². The van der Waals surface area contributed by atoms with Gasteiger partial charge in [0.1, 0.15) is 17.5 Å². The predicted molar refractivity (Wildman–Crippen MR) is 126 cm³/mol. The average Bonchev–Trinajstić information content (AvgIpc) is 2.84. The highest BCUT2D eigenvalue weighted by molar-refractivity contribution is 7.89. The summed E-state index contributed by atoms with van der Waals surface area (Å²) in [6.45, 7) is 3.56. The molecule has 0 saturated carbocycles. The summed E-state index contributed by atoms with van der Waals surface area (Å²) in [4.78, 5) is 12.5. The van der Waals surface area contributed by atoms with Crippen molar-refractivity contribution in [2.45, 2.75) is 50.6 Å². The zero-order chi connectivity index (χ0) is 25.1. The molecule has 1 atom stereocenters. The number of ether oxygens (including phenoxy) is 2. The molecule has 0 fully saturated rings. The number of alkyl halides is 1. The molecule has 2 rings (SSSR count). The molecule has 0 aliphatic rings. The number of nitrogens with one attached hydrogen (secondary N) is 1. The van der Waals surface area contributed by atoms with Gasteiger partial charge >= 0.3 is 0 Å². The molecule has 0 saturated heterocycles. The summed E-state index contributed by atoms with van der Waals surface area (Å²) in [5.74, 6) is 0.257. The number of nitrogens with zero attached hydrogens (tertiary/aromatic N) is 1. The summed E-state index contributed by atoms with van der Waals surface area (Å²) < 4.78 is 51.3. The van der Waals surface area contributed by atoms with E-state index in [0.717, 1.165) is 4.31 Å². The van der Waals surface area contributed by atoms with Crippen LogP contribution in [0.25, 0.3) is 0 Å². The standard InChI is InChI=1S/C24H33FN2O6S/c1-18(2)16-23(24(28)26-29)27(17-19-6-8-20(32-3)9-7-19)34(30,31)22-12-10-21(11-13-22)33-15-5-4-14-25/h6-13,18,23,29H,4-5,14-17H2,1-3H3,(H,26,28). The van der Waals surface area contributed by atoms with Crippen molar-refractivity contribution in [2.75, 3.05) is 20.4 Å². The first kappa shape index (κ1) is 27.6. The fourth-order valence-corrected chi connectivity index (χ4v) is 4.97. The lowest BCUT2D eigenvalue weighted by Crippen LogP contribution is -2.49. The summed E-state index contributed by atoms with van der Waals surface area (Å²) in [6, 6.07) is 11.6. The Kier molecular flexibility index (Phi) is 10.7. The van der Waals surface area contributed by atoms with Gasteiger partial charge in [-0.15, -0.1) is 0 Å². The fourth-order valence-electron chi connectivity index (χ4n) is 3.38. The number of carbonyl (C=O) groups is 1. The Bertz CT molecular complexity index is 997. The molecule has 2 N–H and O–H groups in total. The van der Waals surface area contributed by atoms with Crippen molar-refractivity contribution in [3.05, 3.63) is 54.1 Å². The van der Waals surface area contributed by atoms with E-state index in [1.165, 1.54) is 31.4 Å². The highest BCUT2D eigenvalue weighted by Crippen LogP contribution is 2.27. The van der Waals surface area contributed by atoms with Crippen LogP contribution in [0.15, 0.2) is 53.4 Å². The van der Waals surface area contributed by atoms with Crippen LogP contribution in [0, 0.1) is 5.92 Å². The molecule has 0 bridgehead atoms. The second-order valence-corrected chi connectivity index (χ2v) is 10.1. The molecule has 8 nitrogen and oxygen atoms in total. The van der Waals surface area contributed by atoms with Gasteiger partial charge in [0.05, 0.1) is 25.3 Å². The van der Waals surface area contributed by atoms with Gasteiger partial charge in [0.15, 0.2) is 0 Å². The maximum atomic E-state index is 13.7. The van der Waals surface area contributed by atoms with E-state index in [4.69, 9.17) is 9.47 Å². The van der Waals surface area contributed by atoms with Crippen LogP contribution in [-0.2, 0) is 21.4 Å². The van der Waals surface area contributed by atoms with Gasteiger partial charge in [0.2, 0.25) is 10.0 Å². The number of carbonyl (C=O) groups excluding carboxylic acids is 1. The summed E-state index contributed by atoms with van der Waals surface area (Å²) >= 11 is 0. The van der Waals surface area contributed by atoms with Gasteiger partial charge < -0.3 is 9.47 Å². The molecule has 0 spiro atoms. The van der Waals surface area contributed by atoms with Crippen LogP contribution in [0.2, 0.25) is 0 Å². The van der Waals surface area contributed by atoms with E-state index < -0.39 is 28.6 Å². The normalized spacial score (nSPS) is 12.6. The molecule has 1 unspecified atom stereocenters. The van der Waals surface area contributed by atoms with Crippen LogP contribution in [0.4, 0.5) is 4.39 Å². The van der Waals surface area contributed by atoms with E-state index in [1.807, 2.05) is 13.8 Å². The van der Waals surface area contributed by atoms with E-state index in [0.29, 0.717) is 36.5 Å². The summed E-state index contributed by atoms with van der Waals surface area (Å²) in [6.07, 6.45) is 1.16. The van der Waals surface area contributed by atoms with Crippen LogP contribution in [0.3, 0.4) is 0 Å². The monoisotopic (exact) mass is 496 g/mol. The Morgan fingerprint density at radius 3 is 2.21 bits per heavy atom. The minimum atomic E-state index is -4.14. The van der Waals surface area contributed by atoms with Crippen LogP contribution >= 0.6 is 0 Å². The number of benzene rings is 2. The maximum absolute atomic E-state index is 13.7. The highest BCUT2D eigenvalue weighted by atomic mass is 32.2. The zero-order valence-corrected chi connectivity index (χ0v) is 20.6. The molecule has 34 heavy (non-hydrogen) atoms. The van der Waals surface area contributed by atoms with Crippen molar-refractivity contribution in [2.24, 2.45) is 5.92 Å². The third-order valence-corrected chi connectivity index (χ3v) is 7.05. The Morgan fingerprint density at radius 2 is 1.68 bits per heavy atom. The van der Waals surface area contributed by atoms with E-state index in [9.17, 15) is 22.8 Å². The second-order valence-electron chi connectivity index (χ2n) is 8.24. The van der Waals surface area contributed by atoms with Gasteiger partial charge in [0, 0.05) is 6.54 Å². The smallest absolute Gasteiger partial charge is 0.261 e. The van der Waals surface area contributed by atoms with Gasteiger partial charge in [-0.1, -0.05) is 26.0 Å². The fraction of sp³-hybridized carbons (Fsp3) is 0.458. The second kappa shape index (κ2) is 13.3. The number of sulfonamides is 1. The third kappa shape index (κ3) is 7.68. The van der Waals surface area contributed by atoms with Crippen molar-refractivity contribution in [1.29, 1.82) is 0 Å². The molecule has 2 aromatic carbocycles. The number of hydrogen-bond donors (Lipinski definition) is 2. The number of amides is 1. The van der Waals surface area contributed by atoms with Gasteiger partial charge in [-0.05, 0) is 67.1 Å². The first-order valence-corrected chi connectivity index (χ1v) is 12.5. The molecule has 0 aliphatic carbocycles. The van der Waals surface area contributed by atoms with Crippen molar-refractivity contribution < 1.29 is 32.3 Å². The van der Waals surface area contributed by atoms with E-state index in [2.05, 4.69) is 0 Å². The average molecular weight is 497 g/mol. The molecule has 0 radical (unpaired) electrons. The highest BCUT2D eigenvalue weighted by Gasteiger charge is 2.36. The third-order valence-electron chi connectivity index (χ3n) is 5.18. The lowest BCUT2D eigenvalue weighted by atomic mass is 10.0. The Morgan fingerprint density at radius 1 is 1.06 bits per heavy atom. The Labute approximate surface area is 200 Å². The Balaban J connectivity index is 2.39. The van der Waals surface area contributed by atoms with Gasteiger partial charge in [-0.3, -0.25) is 14.4 Å². The number of hydrogen-bond acceptors (Lipinski definition) is 6. The number of halogens is 1. The summed E-state index contributed by atoms with van der Waals surface area (Å²) in [5.41, 5.74) is 2.26. The molecule has 0 aromatic heterocycles. The number of hydroxylamine groups is 1. The molecular formula is C24H33FN2O6S. The quantitative estimate of drug-likeness (QED) is 0.233. The van der Waals surface area contributed by atoms with Gasteiger partial charge in [0.25, 0.3) is 5.91 Å². The number of rotatable bonds is 14. The van der Waals surface area contributed by atoms with Crippen molar-refractivity contribution in [3.63, 3.8) is 0 Å².